The lowest BCUT2D eigenvalue weighted by Crippen LogP contribution is -1.80. The Bertz CT molecular complexity index is 667. The van der Waals surface area contributed by atoms with Crippen LogP contribution in [0.5, 0.6) is 5.75 Å². The summed E-state index contributed by atoms with van der Waals surface area (Å²) >= 11 is 0. The standard InChI is InChI=1S/C13H12.C8H10O.CH4/c1-11-7-9-13(10-8-11)12-5-3-2-4-6-12;1-7-3-5-8(9-2)6-4-7;/h2-10H,1H3;3-6H,1-2H3;1H4. The van der Waals surface area contributed by atoms with E-state index in [1.165, 1.54) is 22.3 Å². The Kier molecular flexibility index (Phi) is 7.62. The van der Waals surface area contributed by atoms with Crippen LogP contribution in [-0.4, -0.2) is 7.11 Å². The molecule has 3 aromatic carbocycles. The molecule has 0 saturated carbocycles. The second-order valence-electron chi connectivity index (χ2n) is 5.25. The van der Waals surface area contributed by atoms with Gasteiger partial charge in [0.1, 0.15) is 5.75 Å². The molecular weight excluding hydrogens is 280 g/mol. The van der Waals surface area contributed by atoms with Gasteiger partial charge in [-0.3, -0.25) is 0 Å². The van der Waals surface area contributed by atoms with Gasteiger partial charge in [-0.05, 0) is 37.1 Å². The van der Waals surface area contributed by atoms with E-state index in [0.29, 0.717) is 0 Å². The lowest BCUT2D eigenvalue weighted by molar-refractivity contribution is 0.414. The van der Waals surface area contributed by atoms with E-state index in [9.17, 15) is 0 Å². The van der Waals surface area contributed by atoms with E-state index in [-0.39, 0.29) is 7.43 Å². The van der Waals surface area contributed by atoms with E-state index < -0.39 is 0 Å². The summed E-state index contributed by atoms with van der Waals surface area (Å²) in [7, 11) is 1.67. The maximum Gasteiger partial charge on any atom is 0.118 e. The highest BCUT2D eigenvalue weighted by Gasteiger charge is 1.93. The van der Waals surface area contributed by atoms with Crippen LogP contribution in [0.2, 0.25) is 0 Å². The summed E-state index contributed by atoms with van der Waals surface area (Å²) in [6.07, 6.45) is 0. The van der Waals surface area contributed by atoms with Gasteiger partial charge >= 0.3 is 0 Å². The zero-order valence-corrected chi connectivity index (χ0v) is 13.4. The van der Waals surface area contributed by atoms with E-state index in [2.05, 4.69) is 62.4 Å². The first-order chi connectivity index (χ1) is 10.7. The van der Waals surface area contributed by atoms with Gasteiger partial charge in [-0.1, -0.05) is 85.3 Å². The second kappa shape index (κ2) is 9.47. The molecule has 3 rings (SSSR count). The van der Waals surface area contributed by atoms with Crippen molar-refractivity contribution in [2.24, 2.45) is 0 Å². The lowest BCUT2D eigenvalue weighted by Gasteiger charge is -2.00. The molecule has 120 valence electrons. The van der Waals surface area contributed by atoms with Crippen molar-refractivity contribution in [2.45, 2.75) is 21.3 Å². The van der Waals surface area contributed by atoms with E-state index in [0.717, 1.165) is 5.75 Å². The molecule has 0 aliphatic carbocycles. The molecule has 23 heavy (non-hydrogen) atoms. The van der Waals surface area contributed by atoms with Crippen LogP contribution < -0.4 is 4.74 Å². The van der Waals surface area contributed by atoms with Gasteiger partial charge in [0.15, 0.2) is 0 Å². The maximum atomic E-state index is 4.97. The molecule has 0 aromatic heterocycles. The van der Waals surface area contributed by atoms with Crippen molar-refractivity contribution in [1.29, 1.82) is 0 Å². The topological polar surface area (TPSA) is 9.23 Å². The molecule has 1 heteroatoms. The molecule has 0 bridgehead atoms. The maximum absolute atomic E-state index is 4.97. The van der Waals surface area contributed by atoms with Crippen molar-refractivity contribution in [2.75, 3.05) is 7.11 Å². The molecule has 0 amide bonds. The van der Waals surface area contributed by atoms with Crippen LogP contribution in [0.1, 0.15) is 18.6 Å². The zero-order valence-electron chi connectivity index (χ0n) is 13.4. The Balaban J connectivity index is 0.000000235. The third-order valence-corrected chi connectivity index (χ3v) is 3.42. The molecule has 3 aromatic rings. The summed E-state index contributed by atoms with van der Waals surface area (Å²) in [5, 5.41) is 0. The zero-order chi connectivity index (χ0) is 15.8. The second-order valence-corrected chi connectivity index (χ2v) is 5.25. The van der Waals surface area contributed by atoms with E-state index in [1.807, 2.05) is 30.3 Å². The van der Waals surface area contributed by atoms with Crippen LogP contribution in [0.25, 0.3) is 11.1 Å². The minimum atomic E-state index is 0. The Morgan fingerprint density at radius 1 is 0.565 bits per heavy atom. The number of ether oxygens (including phenoxy) is 1. The molecular formula is C22H26O. The number of rotatable bonds is 2. The Morgan fingerprint density at radius 2 is 1.00 bits per heavy atom. The van der Waals surface area contributed by atoms with Gasteiger partial charge < -0.3 is 4.74 Å². The van der Waals surface area contributed by atoms with Gasteiger partial charge in [0.05, 0.1) is 7.11 Å². The van der Waals surface area contributed by atoms with Gasteiger partial charge in [0.25, 0.3) is 0 Å². The molecule has 0 spiro atoms. The summed E-state index contributed by atoms with van der Waals surface area (Å²) in [6, 6.07) is 27.0. The number of aryl methyl sites for hydroxylation is 2. The molecule has 0 radical (unpaired) electrons. The minimum absolute atomic E-state index is 0. The Morgan fingerprint density at radius 3 is 1.48 bits per heavy atom. The number of hydrogen-bond donors (Lipinski definition) is 0. The molecule has 0 unspecified atom stereocenters. The molecule has 0 atom stereocenters. The molecule has 0 saturated heterocycles. The fraction of sp³-hybridized carbons (Fsp3) is 0.182. The molecule has 1 nitrogen and oxygen atoms in total. The molecule has 0 aliphatic heterocycles. The van der Waals surface area contributed by atoms with Crippen LogP contribution in [0.3, 0.4) is 0 Å². The van der Waals surface area contributed by atoms with Crippen LogP contribution in [0, 0.1) is 13.8 Å². The third kappa shape index (κ3) is 5.99. The summed E-state index contributed by atoms with van der Waals surface area (Å²) < 4.78 is 4.97. The van der Waals surface area contributed by atoms with Crippen LogP contribution >= 0.6 is 0 Å². The predicted octanol–water partition coefficient (Wildman–Crippen LogP) is 6.30. The first-order valence-corrected chi connectivity index (χ1v) is 7.42. The number of benzene rings is 3. The fourth-order valence-electron chi connectivity index (χ4n) is 2.05. The van der Waals surface area contributed by atoms with Crippen LogP contribution in [-0.2, 0) is 0 Å². The molecule has 0 N–H and O–H groups in total. The highest BCUT2D eigenvalue weighted by atomic mass is 16.5. The van der Waals surface area contributed by atoms with Gasteiger partial charge in [0, 0.05) is 0 Å². The Hall–Kier alpha value is -2.54. The first-order valence-electron chi connectivity index (χ1n) is 7.42. The minimum Gasteiger partial charge on any atom is -0.497 e. The fourth-order valence-corrected chi connectivity index (χ4v) is 2.05. The molecule has 0 heterocycles. The van der Waals surface area contributed by atoms with Crippen molar-refractivity contribution in [3.8, 4) is 16.9 Å². The Labute approximate surface area is 140 Å². The summed E-state index contributed by atoms with van der Waals surface area (Å²) in [4.78, 5) is 0. The third-order valence-electron chi connectivity index (χ3n) is 3.42. The van der Waals surface area contributed by atoms with Crippen molar-refractivity contribution >= 4 is 0 Å². The SMILES string of the molecule is C.COc1ccc(C)cc1.Cc1ccc(-c2ccccc2)cc1. The van der Waals surface area contributed by atoms with Crippen LogP contribution in [0.15, 0.2) is 78.9 Å². The normalized spacial score (nSPS) is 9.17. The summed E-state index contributed by atoms with van der Waals surface area (Å²) in [6.45, 7) is 4.16. The van der Waals surface area contributed by atoms with E-state index in [1.54, 1.807) is 7.11 Å². The first kappa shape index (κ1) is 18.5. The largest absolute Gasteiger partial charge is 0.497 e. The number of hydrogen-bond acceptors (Lipinski definition) is 1. The van der Waals surface area contributed by atoms with Gasteiger partial charge in [0.2, 0.25) is 0 Å². The molecule has 0 aliphatic rings. The van der Waals surface area contributed by atoms with E-state index in [4.69, 9.17) is 4.74 Å². The summed E-state index contributed by atoms with van der Waals surface area (Å²) in [5.41, 5.74) is 5.13. The van der Waals surface area contributed by atoms with Gasteiger partial charge in [-0.15, -0.1) is 0 Å². The smallest absolute Gasteiger partial charge is 0.118 e. The van der Waals surface area contributed by atoms with Crippen molar-refractivity contribution in [1.82, 2.24) is 0 Å². The quantitative estimate of drug-likeness (QED) is 0.539. The van der Waals surface area contributed by atoms with Crippen molar-refractivity contribution in [3.63, 3.8) is 0 Å². The van der Waals surface area contributed by atoms with Gasteiger partial charge in [-0.25, -0.2) is 0 Å². The van der Waals surface area contributed by atoms with Gasteiger partial charge in [-0.2, -0.15) is 0 Å². The average Bonchev–Trinajstić information content (AvgIpc) is 2.58. The highest BCUT2D eigenvalue weighted by Crippen LogP contribution is 2.18. The van der Waals surface area contributed by atoms with E-state index >= 15 is 0 Å². The lowest BCUT2D eigenvalue weighted by atomic mass is 10.0. The highest BCUT2D eigenvalue weighted by molar-refractivity contribution is 5.63. The summed E-state index contributed by atoms with van der Waals surface area (Å²) in [5.74, 6) is 0.917. The number of methoxy groups -OCH3 is 1. The monoisotopic (exact) mass is 306 g/mol. The molecule has 0 fully saturated rings. The van der Waals surface area contributed by atoms with Crippen molar-refractivity contribution in [3.05, 3.63) is 90.0 Å². The average molecular weight is 306 g/mol. The van der Waals surface area contributed by atoms with Crippen molar-refractivity contribution < 1.29 is 4.74 Å². The predicted molar refractivity (Wildman–Crippen MR) is 101 cm³/mol. The van der Waals surface area contributed by atoms with Crippen LogP contribution in [0.4, 0.5) is 0 Å².